The highest BCUT2D eigenvalue weighted by atomic mass is 16.5. The summed E-state index contributed by atoms with van der Waals surface area (Å²) >= 11 is 0. The molecular formula is C16H25NO3. The third-order valence-corrected chi connectivity index (χ3v) is 4.20. The van der Waals surface area contributed by atoms with E-state index >= 15 is 0 Å². The van der Waals surface area contributed by atoms with E-state index in [1.54, 1.807) is 21.3 Å². The molecule has 112 valence electrons. The van der Waals surface area contributed by atoms with E-state index in [1.165, 1.54) is 19.3 Å². The minimum Gasteiger partial charge on any atom is -0.496 e. The van der Waals surface area contributed by atoms with Gasteiger partial charge in [0.1, 0.15) is 5.75 Å². The molecule has 1 aromatic rings. The first-order chi connectivity index (χ1) is 9.69. The van der Waals surface area contributed by atoms with Crippen LogP contribution in [-0.2, 0) is 6.54 Å². The fourth-order valence-electron chi connectivity index (χ4n) is 2.92. The predicted octanol–water partition coefficient (Wildman–Crippen LogP) is 2.99. The number of hydrogen-bond donors (Lipinski definition) is 1. The molecule has 1 fully saturated rings. The van der Waals surface area contributed by atoms with Gasteiger partial charge in [0.15, 0.2) is 11.5 Å². The van der Waals surface area contributed by atoms with Crippen LogP contribution < -0.4 is 19.5 Å². The summed E-state index contributed by atoms with van der Waals surface area (Å²) in [6.07, 6.45) is 3.90. The van der Waals surface area contributed by atoms with Crippen molar-refractivity contribution in [2.75, 3.05) is 21.3 Å². The van der Waals surface area contributed by atoms with Gasteiger partial charge in [0.25, 0.3) is 0 Å². The molecule has 1 N–H and O–H groups in total. The molecule has 1 aromatic carbocycles. The second-order valence-electron chi connectivity index (χ2n) is 5.41. The molecule has 0 saturated heterocycles. The minimum atomic E-state index is 0.604. The summed E-state index contributed by atoms with van der Waals surface area (Å²) in [5, 5.41) is 3.63. The lowest BCUT2D eigenvalue weighted by Gasteiger charge is -2.19. The number of methoxy groups -OCH3 is 3. The van der Waals surface area contributed by atoms with Crippen molar-refractivity contribution in [1.82, 2.24) is 5.32 Å². The van der Waals surface area contributed by atoms with Crippen LogP contribution >= 0.6 is 0 Å². The molecule has 4 nitrogen and oxygen atoms in total. The molecule has 2 rings (SSSR count). The highest BCUT2D eigenvalue weighted by molar-refractivity contribution is 5.50. The van der Waals surface area contributed by atoms with Crippen LogP contribution in [-0.4, -0.2) is 27.4 Å². The monoisotopic (exact) mass is 279 g/mol. The summed E-state index contributed by atoms with van der Waals surface area (Å²) < 4.78 is 16.1. The zero-order chi connectivity index (χ0) is 14.5. The van der Waals surface area contributed by atoms with Crippen LogP contribution in [0.15, 0.2) is 12.1 Å². The van der Waals surface area contributed by atoms with Gasteiger partial charge >= 0.3 is 0 Å². The van der Waals surface area contributed by atoms with Crippen molar-refractivity contribution in [2.45, 2.75) is 38.8 Å². The van der Waals surface area contributed by atoms with Gasteiger partial charge in [0, 0.05) is 24.2 Å². The lowest BCUT2D eigenvalue weighted by Crippen LogP contribution is -2.30. The second kappa shape index (κ2) is 6.84. The Balaban J connectivity index is 2.13. The van der Waals surface area contributed by atoms with E-state index in [4.69, 9.17) is 14.2 Å². The summed E-state index contributed by atoms with van der Waals surface area (Å²) in [4.78, 5) is 0. The summed E-state index contributed by atoms with van der Waals surface area (Å²) in [5.74, 6) is 3.02. The van der Waals surface area contributed by atoms with E-state index in [0.29, 0.717) is 11.8 Å². The molecule has 1 saturated carbocycles. The van der Waals surface area contributed by atoms with Crippen LogP contribution in [0.2, 0.25) is 0 Å². The molecule has 0 radical (unpaired) electrons. The predicted molar refractivity (Wildman–Crippen MR) is 79.7 cm³/mol. The topological polar surface area (TPSA) is 39.7 Å². The highest BCUT2D eigenvalue weighted by Crippen LogP contribution is 2.35. The first-order valence-electron chi connectivity index (χ1n) is 7.21. The minimum absolute atomic E-state index is 0.604. The molecule has 20 heavy (non-hydrogen) atoms. The second-order valence-corrected chi connectivity index (χ2v) is 5.41. The molecule has 4 heteroatoms. The molecule has 0 aromatic heterocycles. The maximum Gasteiger partial charge on any atom is 0.164 e. The molecule has 0 aliphatic heterocycles. The van der Waals surface area contributed by atoms with Crippen LogP contribution in [0, 0.1) is 5.92 Å². The first-order valence-corrected chi connectivity index (χ1v) is 7.21. The van der Waals surface area contributed by atoms with Crippen molar-refractivity contribution in [1.29, 1.82) is 0 Å². The van der Waals surface area contributed by atoms with Gasteiger partial charge < -0.3 is 19.5 Å². The Morgan fingerprint density at radius 2 is 1.65 bits per heavy atom. The van der Waals surface area contributed by atoms with Gasteiger partial charge in [-0.3, -0.25) is 0 Å². The van der Waals surface area contributed by atoms with Gasteiger partial charge in [-0.15, -0.1) is 0 Å². The maximum absolute atomic E-state index is 5.45. The van der Waals surface area contributed by atoms with E-state index in [-0.39, 0.29) is 0 Å². The number of ether oxygens (including phenoxy) is 3. The van der Waals surface area contributed by atoms with Gasteiger partial charge in [-0.1, -0.05) is 13.3 Å². The Kier molecular flexibility index (Phi) is 5.12. The van der Waals surface area contributed by atoms with E-state index in [2.05, 4.69) is 12.2 Å². The van der Waals surface area contributed by atoms with E-state index < -0.39 is 0 Å². The summed E-state index contributed by atoms with van der Waals surface area (Å²) in [6, 6.07) is 4.48. The molecule has 0 heterocycles. The molecule has 0 amide bonds. The molecule has 2 atom stereocenters. The SMILES string of the molecule is COc1cc(OC)c(OC)cc1CNC1CCCC1C. The summed E-state index contributed by atoms with van der Waals surface area (Å²) in [6.45, 7) is 3.11. The smallest absolute Gasteiger partial charge is 0.164 e. The van der Waals surface area contributed by atoms with Crippen LogP contribution in [0.25, 0.3) is 0 Å². The third-order valence-electron chi connectivity index (χ3n) is 4.20. The van der Waals surface area contributed by atoms with Crippen molar-refractivity contribution in [3.05, 3.63) is 17.7 Å². The number of nitrogens with one attached hydrogen (secondary N) is 1. The Labute approximate surface area is 121 Å². The third kappa shape index (κ3) is 3.18. The van der Waals surface area contributed by atoms with Crippen molar-refractivity contribution in [3.8, 4) is 17.2 Å². The lowest BCUT2D eigenvalue weighted by molar-refractivity contribution is 0.345. The van der Waals surface area contributed by atoms with Gasteiger partial charge in [-0.2, -0.15) is 0 Å². The van der Waals surface area contributed by atoms with Crippen LogP contribution in [0.5, 0.6) is 17.2 Å². The number of benzene rings is 1. The van der Waals surface area contributed by atoms with Crippen LogP contribution in [0.1, 0.15) is 31.7 Å². The Bertz CT molecular complexity index is 448. The largest absolute Gasteiger partial charge is 0.496 e. The summed E-state index contributed by atoms with van der Waals surface area (Å²) in [7, 11) is 4.97. The zero-order valence-corrected chi connectivity index (χ0v) is 12.9. The fraction of sp³-hybridized carbons (Fsp3) is 0.625. The Morgan fingerprint density at radius 3 is 2.20 bits per heavy atom. The average molecular weight is 279 g/mol. The first kappa shape index (κ1) is 15.0. The molecule has 1 aliphatic rings. The van der Waals surface area contributed by atoms with E-state index in [0.717, 1.165) is 29.5 Å². The zero-order valence-electron chi connectivity index (χ0n) is 12.9. The van der Waals surface area contributed by atoms with E-state index in [9.17, 15) is 0 Å². The highest BCUT2D eigenvalue weighted by Gasteiger charge is 2.23. The molecule has 0 spiro atoms. The number of hydrogen-bond acceptors (Lipinski definition) is 4. The quantitative estimate of drug-likeness (QED) is 0.869. The van der Waals surface area contributed by atoms with Gasteiger partial charge in [0.2, 0.25) is 0 Å². The van der Waals surface area contributed by atoms with Gasteiger partial charge in [-0.25, -0.2) is 0 Å². The molecule has 2 unspecified atom stereocenters. The van der Waals surface area contributed by atoms with E-state index in [1.807, 2.05) is 12.1 Å². The molecular weight excluding hydrogens is 254 g/mol. The Hall–Kier alpha value is -1.42. The Morgan fingerprint density at radius 1 is 1.00 bits per heavy atom. The van der Waals surface area contributed by atoms with Crippen molar-refractivity contribution < 1.29 is 14.2 Å². The lowest BCUT2D eigenvalue weighted by atomic mass is 10.1. The maximum atomic E-state index is 5.45. The molecule has 0 bridgehead atoms. The fourth-order valence-corrected chi connectivity index (χ4v) is 2.92. The van der Waals surface area contributed by atoms with Crippen LogP contribution in [0.3, 0.4) is 0 Å². The number of rotatable bonds is 6. The summed E-state index contributed by atoms with van der Waals surface area (Å²) in [5.41, 5.74) is 1.10. The average Bonchev–Trinajstić information content (AvgIpc) is 2.89. The van der Waals surface area contributed by atoms with Gasteiger partial charge in [-0.05, 0) is 24.8 Å². The van der Waals surface area contributed by atoms with Crippen LogP contribution in [0.4, 0.5) is 0 Å². The van der Waals surface area contributed by atoms with Gasteiger partial charge in [0.05, 0.1) is 21.3 Å². The standard InChI is InChI=1S/C16H25NO3/c1-11-6-5-7-13(11)17-10-12-8-15(19-3)16(20-4)9-14(12)18-2/h8-9,11,13,17H,5-7,10H2,1-4H3. The van der Waals surface area contributed by atoms with Crippen molar-refractivity contribution in [2.24, 2.45) is 5.92 Å². The van der Waals surface area contributed by atoms with Crippen molar-refractivity contribution in [3.63, 3.8) is 0 Å². The molecule has 1 aliphatic carbocycles. The van der Waals surface area contributed by atoms with Crippen molar-refractivity contribution >= 4 is 0 Å². The normalized spacial score (nSPS) is 21.8.